The van der Waals surface area contributed by atoms with Crippen molar-refractivity contribution in [2.75, 3.05) is 7.11 Å². The molecule has 0 aromatic heterocycles. The largest absolute Gasteiger partial charge is 0.465 e. The molecular weight excluding hydrogens is 648 g/mol. The Kier molecular flexibility index (Phi) is 10.5. The second-order valence-corrected chi connectivity index (χ2v) is 12.4. The summed E-state index contributed by atoms with van der Waals surface area (Å²) in [6.07, 6.45) is 2.46. The SMILES string of the molecule is COC(=O)c1cccc(CONC(=O)[C@@H]2c3cc(F)ccc3C(=O)N([C@H]3CCCC[C@@H]3NS(=O)O)[C@H]2c2ccc(Cl)cc2Cl)c1. The molecule has 0 saturated heterocycles. The fourth-order valence-electron chi connectivity index (χ4n) is 6.17. The van der Waals surface area contributed by atoms with Gasteiger partial charge in [-0.2, -0.15) is 0 Å². The van der Waals surface area contributed by atoms with Crippen LogP contribution in [0.15, 0.2) is 60.7 Å². The molecule has 3 aromatic carbocycles. The van der Waals surface area contributed by atoms with Gasteiger partial charge < -0.3 is 9.64 Å². The Bertz CT molecular complexity index is 1640. The molecule has 2 aliphatic rings. The van der Waals surface area contributed by atoms with Crippen LogP contribution in [0, 0.1) is 5.82 Å². The summed E-state index contributed by atoms with van der Waals surface area (Å²) in [5, 5.41) is 0.504. The number of ether oxygens (including phenoxy) is 1. The van der Waals surface area contributed by atoms with E-state index in [2.05, 4.69) is 10.2 Å². The molecule has 0 spiro atoms. The second-order valence-electron chi connectivity index (χ2n) is 10.8. The zero-order chi connectivity index (χ0) is 32.2. The van der Waals surface area contributed by atoms with Crippen LogP contribution >= 0.6 is 23.2 Å². The van der Waals surface area contributed by atoms with Crippen LogP contribution in [0.1, 0.15) is 75.0 Å². The maximum absolute atomic E-state index is 14.7. The van der Waals surface area contributed by atoms with Gasteiger partial charge in [-0.3, -0.25) is 19.0 Å². The van der Waals surface area contributed by atoms with E-state index in [1.54, 1.807) is 36.4 Å². The molecule has 1 saturated carbocycles. The van der Waals surface area contributed by atoms with E-state index in [1.165, 1.54) is 24.1 Å². The minimum Gasteiger partial charge on any atom is -0.465 e. The lowest BCUT2D eigenvalue weighted by molar-refractivity contribution is -0.138. The number of rotatable bonds is 9. The Labute approximate surface area is 271 Å². The fourth-order valence-corrected chi connectivity index (χ4v) is 7.22. The summed E-state index contributed by atoms with van der Waals surface area (Å²) in [6, 6.07) is 12.5. The van der Waals surface area contributed by atoms with Gasteiger partial charge in [-0.25, -0.2) is 23.6 Å². The van der Waals surface area contributed by atoms with Crippen LogP contribution in [-0.2, 0) is 32.2 Å². The van der Waals surface area contributed by atoms with E-state index in [0.29, 0.717) is 34.6 Å². The number of hydrogen-bond donors (Lipinski definition) is 3. The molecule has 14 heteroatoms. The van der Waals surface area contributed by atoms with Crippen LogP contribution in [0.2, 0.25) is 10.0 Å². The van der Waals surface area contributed by atoms with E-state index in [9.17, 15) is 27.5 Å². The van der Waals surface area contributed by atoms with Crippen molar-refractivity contribution >= 4 is 52.3 Å². The third-order valence-electron chi connectivity index (χ3n) is 8.09. The topological polar surface area (TPSA) is 134 Å². The van der Waals surface area contributed by atoms with Gasteiger partial charge in [-0.05, 0) is 72.0 Å². The van der Waals surface area contributed by atoms with E-state index >= 15 is 0 Å². The molecule has 0 bridgehead atoms. The predicted octanol–water partition coefficient (Wildman–Crippen LogP) is 5.49. The van der Waals surface area contributed by atoms with Crippen LogP contribution in [0.4, 0.5) is 4.39 Å². The van der Waals surface area contributed by atoms with Crippen LogP contribution in [0.3, 0.4) is 0 Å². The number of hydroxylamine groups is 1. The first-order valence-electron chi connectivity index (χ1n) is 14.1. The molecule has 5 rings (SSSR count). The lowest BCUT2D eigenvalue weighted by Crippen LogP contribution is -2.58. The third kappa shape index (κ3) is 7.21. The van der Waals surface area contributed by atoms with Gasteiger partial charge in [-0.1, -0.05) is 54.2 Å². The number of carbonyl (C=O) groups excluding carboxylic acids is 3. The molecule has 1 unspecified atom stereocenters. The minimum atomic E-state index is -2.37. The molecule has 3 aromatic rings. The van der Waals surface area contributed by atoms with E-state index in [0.717, 1.165) is 25.0 Å². The highest BCUT2D eigenvalue weighted by Gasteiger charge is 2.49. The molecule has 1 aliphatic carbocycles. The average molecular weight is 679 g/mol. The van der Waals surface area contributed by atoms with E-state index in [4.69, 9.17) is 32.8 Å². The van der Waals surface area contributed by atoms with Gasteiger partial charge in [-0.15, -0.1) is 0 Å². The van der Waals surface area contributed by atoms with Crippen molar-refractivity contribution in [2.24, 2.45) is 0 Å². The lowest BCUT2D eigenvalue weighted by Gasteiger charge is -2.49. The Morgan fingerprint density at radius 3 is 2.58 bits per heavy atom. The van der Waals surface area contributed by atoms with Crippen molar-refractivity contribution in [3.63, 3.8) is 0 Å². The molecule has 10 nitrogen and oxygen atoms in total. The molecule has 238 valence electrons. The van der Waals surface area contributed by atoms with Gasteiger partial charge in [0.25, 0.3) is 11.8 Å². The molecule has 1 fully saturated rings. The van der Waals surface area contributed by atoms with Crippen molar-refractivity contribution < 1.29 is 37.1 Å². The minimum absolute atomic E-state index is 0.109. The normalized spacial score (nSPS) is 22.0. The maximum Gasteiger partial charge on any atom is 0.337 e. The Morgan fingerprint density at radius 1 is 1.07 bits per heavy atom. The van der Waals surface area contributed by atoms with Gasteiger partial charge in [0.05, 0.1) is 31.2 Å². The summed E-state index contributed by atoms with van der Waals surface area (Å²) < 4.78 is 43.7. The monoisotopic (exact) mass is 677 g/mol. The molecule has 5 atom stereocenters. The molecule has 1 heterocycles. The number of benzene rings is 3. The van der Waals surface area contributed by atoms with E-state index in [1.807, 2.05) is 0 Å². The highest BCUT2D eigenvalue weighted by atomic mass is 35.5. The summed E-state index contributed by atoms with van der Waals surface area (Å²) >= 11 is 10.5. The summed E-state index contributed by atoms with van der Waals surface area (Å²) in [4.78, 5) is 47.4. The lowest BCUT2D eigenvalue weighted by atomic mass is 9.76. The highest BCUT2D eigenvalue weighted by molar-refractivity contribution is 7.77. The molecular formula is C31H30Cl2FN3O7S. The van der Waals surface area contributed by atoms with Gasteiger partial charge in [0.2, 0.25) is 11.3 Å². The van der Waals surface area contributed by atoms with Crippen LogP contribution in [0.25, 0.3) is 0 Å². The van der Waals surface area contributed by atoms with Gasteiger partial charge in [0, 0.05) is 27.7 Å². The van der Waals surface area contributed by atoms with Gasteiger partial charge >= 0.3 is 5.97 Å². The first-order chi connectivity index (χ1) is 21.6. The number of esters is 1. The first kappa shape index (κ1) is 33.0. The molecule has 3 N–H and O–H groups in total. The number of halogens is 3. The number of nitrogens with zero attached hydrogens (tertiary/aromatic N) is 1. The zero-order valence-electron chi connectivity index (χ0n) is 24.0. The summed E-state index contributed by atoms with van der Waals surface area (Å²) in [7, 11) is 1.27. The number of fused-ring (bicyclic) bond motifs is 1. The second kappa shape index (κ2) is 14.4. The van der Waals surface area contributed by atoms with E-state index in [-0.39, 0.29) is 22.8 Å². The van der Waals surface area contributed by atoms with Crippen molar-refractivity contribution in [1.82, 2.24) is 15.1 Å². The Morgan fingerprint density at radius 2 is 1.84 bits per heavy atom. The Balaban J connectivity index is 1.56. The van der Waals surface area contributed by atoms with Crippen LogP contribution in [-0.4, -0.2) is 50.6 Å². The summed E-state index contributed by atoms with van der Waals surface area (Å²) in [5.74, 6) is -3.56. The standard InChI is InChI=1S/C31H30Cl2FN3O7S/c1-43-31(40)18-6-4-5-17(13-18)16-44-35-29(38)27-23-15-20(34)10-12-21(23)30(39)37(26-8-3-2-7-25(26)36-45(41)42)28(27)22-11-9-19(32)14-24(22)33/h4-6,9-15,25-28,36H,2-3,7-8,16H2,1H3,(H,35,38)(H,41,42)/t25-,26-,27+,28-/m0/s1. The molecule has 0 radical (unpaired) electrons. The molecule has 1 aliphatic heterocycles. The van der Waals surface area contributed by atoms with Crippen molar-refractivity contribution in [3.05, 3.63) is 104 Å². The number of hydrogen-bond acceptors (Lipinski definition) is 6. The van der Waals surface area contributed by atoms with Crippen molar-refractivity contribution in [3.8, 4) is 0 Å². The molecule has 45 heavy (non-hydrogen) atoms. The van der Waals surface area contributed by atoms with Crippen molar-refractivity contribution in [1.29, 1.82) is 0 Å². The Hall–Kier alpha value is -3.39. The average Bonchev–Trinajstić information content (AvgIpc) is 3.01. The third-order valence-corrected chi connectivity index (χ3v) is 9.16. The van der Waals surface area contributed by atoms with Crippen molar-refractivity contribution in [2.45, 2.75) is 56.3 Å². The fraction of sp³-hybridized carbons (Fsp3) is 0.323. The van der Waals surface area contributed by atoms with Crippen LogP contribution in [0.5, 0.6) is 0 Å². The number of carbonyl (C=O) groups is 3. The number of amides is 2. The first-order valence-corrected chi connectivity index (χ1v) is 16.0. The number of nitrogens with one attached hydrogen (secondary N) is 2. The van der Waals surface area contributed by atoms with Gasteiger partial charge in [0.15, 0.2) is 0 Å². The number of methoxy groups -OCH3 is 1. The predicted molar refractivity (Wildman–Crippen MR) is 165 cm³/mol. The summed E-state index contributed by atoms with van der Waals surface area (Å²) in [6.45, 7) is -0.120. The zero-order valence-corrected chi connectivity index (χ0v) is 26.3. The van der Waals surface area contributed by atoms with Gasteiger partial charge in [0.1, 0.15) is 5.82 Å². The maximum atomic E-state index is 14.7. The highest BCUT2D eigenvalue weighted by Crippen LogP contribution is 2.48. The smallest absolute Gasteiger partial charge is 0.337 e. The quantitative estimate of drug-likeness (QED) is 0.155. The molecule has 2 amide bonds. The summed E-state index contributed by atoms with van der Waals surface area (Å²) in [5.41, 5.74) is 3.93. The van der Waals surface area contributed by atoms with E-state index < -0.39 is 58.9 Å². The van der Waals surface area contributed by atoms with Crippen LogP contribution < -0.4 is 10.2 Å².